The molecule has 0 amide bonds. The Hall–Kier alpha value is -3.88. The van der Waals surface area contributed by atoms with Gasteiger partial charge in [0.15, 0.2) is 6.10 Å². The fourth-order valence-corrected chi connectivity index (χ4v) is 4.70. The van der Waals surface area contributed by atoms with Gasteiger partial charge in [-0.1, -0.05) is 77.3 Å². The molecule has 1 atom stereocenters. The molecule has 0 heterocycles. The molecule has 9 heteroatoms. The first kappa shape index (κ1) is 34.6. The van der Waals surface area contributed by atoms with E-state index in [1.165, 1.54) is 43.5 Å². The molecule has 0 aliphatic rings. The lowest BCUT2D eigenvalue weighted by Gasteiger charge is -2.20. The van der Waals surface area contributed by atoms with Gasteiger partial charge in [0.2, 0.25) is 0 Å². The van der Waals surface area contributed by atoms with Crippen molar-refractivity contribution in [2.45, 2.75) is 96.8 Å². The van der Waals surface area contributed by atoms with Crippen LogP contribution in [0.4, 0.5) is 13.2 Å². The van der Waals surface area contributed by atoms with E-state index in [0.717, 1.165) is 42.9 Å². The molecule has 6 nitrogen and oxygen atoms in total. The van der Waals surface area contributed by atoms with Crippen LogP contribution in [-0.4, -0.2) is 36.8 Å². The number of unbranched alkanes of at least 4 members (excludes halogenated alkanes) is 8. The second-order valence-electron chi connectivity index (χ2n) is 10.9. The number of rotatable bonds is 17. The Morgan fingerprint density at radius 3 is 1.75 bits per heavy atom. The highest BCUT2D eigenvalue weighted by atomic mass is 19.4. The molecule has 3 aromatic rings. The van der Waals surface area contributed by atoms with Crippen LogP contribution in [0.1, 0.15) is 116 Å². The first-order valence-corrected chi connectivity index (χ1v) is 15.4. The van der Waals surface area contributed by atoms with Gasteiger partial charge in [-0.05, 0) is 78.6 Å². The number of hydrogen-bond acceptors (Lipinski definition) is 6. The Labute approximate surface area is 256 Å². The molecule has 0 saturated carbocycles. The van der Waals surface area contributed by atoms with Crippen LogP contribution in [0.25, 0.3) is 10.8 Å². The van der Waals surface area contributed by atoms with Crippen molar-refractivity contribution in [3.63, 3.8) is 0 Å². The average molecular weight is 615 g/mol. The number of alkyl halides is 3. The Balaban J connectivity index is 1.54. The van der Waals surface area contributed by atoms with E-state index in [2.05, 4.69) is 6.92 Å². The van der Waals surface area contributed by atoms with Gasteiger partial charge < -0.3 is 14.2 Å². The topological polar surface area (TPSA) is 78.9 Å². The number of fused-ring (bicyclic) bond motifs is 1. The maximum absolute atomic E-state index is 13.4. The minimum atomic E-state index is -4.66. The highest BCUT2D eigenvalue weighted by molar-refractivity contribution is 5.99. The molecule has 3 rings (SSSR count). The molecule has 238 valence electrons. The van der Waals surface area contributed by atoms with E-state index in [1.54, 1.807) is 36.4 Å². The first-order valence-electron chi connectivity index (χ1n) is 15.4. The van der Waals surface area contributed by atoms with Gasteiger partial charge in [0.25, 0.3) is 0 Å². The normalized spacial score (nSPS) is 12.1. The molecule has 3 aromatic carbocycles. The lowest BCUT2D eigenvalue weighted by atomic mass is 10.0. The van der Waals surface area contributed by atoms with Gasteiger partial charge in [-0.3, -0.25) is 0 Å². The molecular weight excluding hydrogens is 573 g/mol. The standard InChI is InChI=1S/C35H41F3O6/c1-3-5-7-9-10-12-22-42-32(39)28-16-14-27-24-29(17-15-26(27)23-28)34(41)43-30-20-18-25(19-21-30)33(40)44-31(35(36,37)38)13-11-8-6-4-2/h14-21,23-24,31H,3-13,22H2,1-2H3. The third kappa shape index (κ3) is 11.0. The molecule has 0 bridgehead atoms. The second-order valence-corrected chi connectivity index (χ2v) is 10.9. The van der Waals surface area contributed by atoms with Crippen molar-refractivity contribution < 1.29 is 41.8 Å². The quantitative estimate of drug-likeness (QED) is 0.0856. The van der Waals surface area contributed by atoms with Crippen LogP contribution in [0, 0.1) is 0 Å². The predicted octanol–water partition coefficient (Wildman–Crippen LogP) is 9.63. The highest BCUT2D eigenvalue weighted by Crippen LogP contribution is 2.28. The van der Waals surface area contributed by atoms with E-state index in [1.807, 2.05) is 6.92 Å². The summed E-state index contributed by atoms with van der Waals surface area (Å²) in [6, 6.07) is 15.1. The van der Waals surface area contributed by atoms with Gasteiger partial charge in [0.1, 0.15) is 5.75 Å². The molecule has 0 N–H and O–H groups in total. The first-order chi connectivity index (χ1) is 21.1. The molecule has 1 unspecified atom stereocenters. The molecule has 0 aromatic heterocycles. The highest BCUT2D eigenvalue weighted by Gasteiger charge is 2.42. The molecule has 0 spiro atoms. The van der Waals surface area contributed by atoms with E-state index in [-0.39, 0.29) is 23.3 Å². The molecular formula is C35H41F3O6. The van der Waals surface area contributed by atoms with Crippen LogP contribution in [0.2, 0.25) is 0 Å². The monoisotopic (exact) mass is 614 g/mol. The number of ether oxygens (including phenoxy) is 3. The lowest BCUT2D eigenvalue weighted by Crippen LogP contribution is -2.33. The number of halogens is 3. The van der Waals surface area contributed by atoms with E-state index < -0.39 is 30.2 Å². The fraction of sp³-hybridized carbons (Fsp3) is 0.457. The minimum absolute atomic E-state index is 0.0837. The largest absolute Gasteiger partial charge is 0.462 e. The number of hydrogen-bond donors (Lipinski definition) is 0. The van der Waals surface area contributed by atoms with Crippen LogP contribution in [-0.2, 0) is 9.47 Å². The SMILES string of the molecule is CCCCCCCCOC(=O)c1ccc2cc(C(=O)Oc3ccc(C(=O)OC(CCCCCC)C(F)(F)F)cc3)ccc2c1. The summed E-state index contributed by atoms with van der Waals surface area (Å²) in [7, 11) is 0. The second kappa shape index (κ2) is 17.4. The van der Waals surface area contributed by atoms with Gasteiger partial charge in [0.05, 0.1) is 23.3 Å². The summed E-state index contributed by atoms with van der Waals surface area (Å²) >= 11 is 0. The zero-order valence-electron chi connectivity index (χ0n) is 25.4. The summed E-state index contributed by atoms with van der Waals surface area (Å²) in [6.45, 7) is 4.50. The van der Waals surface area contributed by atoms with E-state index in [9.17, 15) is 27.6 Å². The summed E-state index contributed by atoms with van der Waals surface area (Å²) in [5, 5.41) is 1.47. The fourth-order valence-electron chi connectivity index (χ4n) is 4.70. The van der Waals surface area contributed by atoms with Crippen LogP contribution in [0.3, 0.4) is 0 Å². The predicted molar refractivity (Wildman–Crippen MR) is 163 cm³/mol. The van der Waals surface area contributed by atoms with Crippen molar-refractivity contribution in [2.24, 2.45) is 0 Å². The van der Waals surface area contributed by atoms with E-state index in [4.69, 9.17) is 14.2 Å². The maximum Gasteiger partial charge on any atom is 0.425 e. The van der Waals surface area contributed by atoms with E-state index in [0.29, 0.717) is 25.0 Å². The Kier molecular flexibility index (Phi) is 13.7. The van der Waals surface area contributed by atoms with Crippen molar-refractivity contribution in [3.8, 4) is 5.75 Å². The van der Waals surface area contributed by atoms with Gasteiger partial charge >= 0.3 is 24.1 Å². The Morgan fingerprint density at radius 1 is 0.636 bits per heavy atom. The molecule has 44 heavy (non-hydrogen) atoms. The molecule has 0 radical (unpaired) electrons. The molecule has 0 saturated heterocycles. The van der Waals surface area contributed by atoms with Crippen molar-refractivity contribution in [1.82, 2.24) is 0 Å². The average Bonchev–Trinajstić information content (AvgIpc) is 3.01. The maximum atomic E-state index is 13.4. The molecule has 0 aliphatic carbocycles. The summed E-state index contributed by atoms with van der Waals surface area (Å²) in [5.74, 6) is -2.03. The summed E-state index contributed by atoms with van der Waals surface area (Å²) in [6.07, 6.45) is 2.11. The van der Waals surface area contributed by atoms with Crippen LogP contribution >= 0.6 is 0 Å². The Bertz CT molecular complexity index is 1370. The molecule has 0 fully saturated rings. The van der Waals surface area contributed by atoms with Crippen LogP contribution in [0.15, 0.2) is 60.7 Å². The van der Waals surface area contributed by atoms with Crippen molar-refractivity contribution in [2.75, 3.05) is 6.61 Å². The van der Waals surface area contributed by atoms with Gasteiger partial charge in [-0.25, -0.2) is 14.4 Å². The van der Waals surface area contributed by atoms with Gasteiger partial charge in [-0.2, -0.15) is 13.2 Å². The third-order valence-corrected chi connectivity index (χ3v) is 7.28. The van der Waals surface area contributed by atoms with Gasteiger partial charge in [0, 0.05) is 0 Å². The van der Waals surface area contributed by atoms with Crippen LogP contribution < -0.4 is 4.74 Å². The minimum Gasteiger partial charge on any atom is -0.462 e. The zero-order chi connectivity index (χ0) is 32.0. The number of carbonyl (C=O) groups is 3. The summed E-state index contributed by atoms with van der Waals surface area (Å²) in [5.41, 5.74) is 0.602. The third-order valence-electron chi connectivity index (χ3n) is 7.28. The number of esters is 3. The van der Waals surface area contributed by atoms with Crippen molar-refractivity contribution in [1.29, 1.82) is 0 Å². The smallest absolute Gasteiger partial charge is 0.425 e. The van der Waals surface area contributed by atoms with Crippen LogP contribution in [0.5, 0.6) is 5.75 Å². The lowest BCUT2D eigenvalue weighted by molar-refractivity contribution is -0.206. The Morgan fingerprint density at radius 2 is 1.16 bits per heavy atom. The molecule has 0 aliphatic heterocycles. The van der Waals surface area contributed by atoms with E-state index >= 15 is 0 Å². The zero-order valence-corrected chi connectivity index (χ0v) is 25.4. The summed E-state index contributed by atoms with van der Waals surface area (Å²) in [4.78, 5) is 37.6. The van der Waals surface area contributed by atoms with Crippen molar-refractivity contribution in [3.05, 3.63) is 77.4 Å². The number of carbonyl (C=O) groups excluding carboxylic acids is 3. The van der Waals surface area contributed by atoms with Crippen molar-refractivity contribution >= 4 is 28.7 Å². The summed E-state index contributed by atoms with van der Waals surface area (Å²) < 4.78 is 55.7. The number of benzene rings is 3. The van der Waals surface area contributed by atoms with Gasteiger partial charge in [-0.15, -0.1) is 0 Å².